The van der Waals surface area contributed by atoms with Gasteiger partial charge in [-0.2, -0.15) is 0 Å². The van der Waals surface area contributed by atoms with E-state index in [1.165, 1.54) is 0 Å². The van der Waals surface area contributed by atoms with Crippen LogP contribution in [0.5, 0.6) is 5.75 Å². The largest absolute Gasteiger partial charge is 0.507 e. The third-order valence-electron chi connectivity index (χ3n) is 4.77. The molecule has 25 heavy (non-hydrogen) atoms. The van der Waals surface area contributed by atoms with Gasteiger partial charge in [0, 0.05) is 19.4 Å². The molecule has 2 aromatic carbocycles. The molecule has 0 aliphatic carbocycles. The molecule has 6 heteroatoms. The third kappa shape index (κ3) is 3.33. The first kappa shape index (κ1) is 16.3. The summed E-state index contributed by atoms with van der Waals surface area (Å²) in [5.74, 6) is -0.904. The van der Waals surface area contributed by atoms with Gasteiger partial charge in [0.05, 0.1) is 25.4 Å². The number of carbonyl (C=O) groups excluding carboxylic acids is 1. The average molecular weight is 343 g/mol. The third-order valence-corrected chi connectivity index (χ3v) is 4.77. The predicted molar refractivity (Wildman–Crippen MR) is 91.6 cm³/mol. The normalized spacial score (nSPS) is 22.3. The highest BCUT2D eigenvalue weighted by molar-refractivity contribution is 6.01. The number of phenolic OH excluding ortho intramolecular Hbond substituents is 1. The molecule has 1 atom stereocenters. The van der Waals surface area contributed by atoms with Crippen LogP contribution in [0, 0.1) is 0 Å². The lowest BCUT2D eigenvalue weighted by atomic mass is 10.1. The lowest BCUT2D eigenvalue weighted by Gasteiger charge is -2.31. The van der Waals surface area contributed by atoms with Crippen LogP contribution in [0.2, 0.25) is 0 Å². The van der Waals surface area contributed by atoms with Crippen LogP contribution in [0.25, 0.3) is 10.8 Å². The summed E-state index contributed by atoms with van der Waals surface area (Å²) >= 11 is 0. The monoisotopic (exact) mass is 343 g/mol. The van der Waals surface area contributed by atoms with Crippen LogP contribution >= 0.6 is 0 Å². The Morgan fingerprint density at radius 2 is 1.92 bits per heavy atom. The van der Waals surface area contributed by atoms with Crippen LogP contribution < -0.4 is 5.32 Å². The Hall–Kier alpha value is -2.15. The second kappa shape index (κ2) is 6.63. The average Bonchev–Trinajstić information content (AvgIpc) is 3.02. The Bertz CT molecular complexity index is 784. The summed E-state index contributed by atoms with van der Waals surface area (Å²) in [6, 6.07) is 10.9. The predicted octanol–water partition coefficient (Wildman–Crippen LogP) is 2.20. The van der Waals surface area contributed by atoms with E-state index in [-0.39, 0.29) is 23.3 Å². The van der Waals surface area contributed by atoms with E-state index in [9.17, 15) is 9.90 Å². The number of fused-ring (bicyclic) bond motifs is 1. The summed E-state index contributed by atoms with van der Waals surface area (Å²) in [6.45, 7) is 2.05. The SMILES string of the molecule is O=C(NCC1COC2(CCOCC2)O1)c1cc2ccccc2cc1O. The number of carbonyl (C=O) groups is 1. The Balaban J connectivity index is 1.40. The first-order chi connectivity index (χ1) is 12.2. The van der Waals surface area contributed by atoms with E-state index in [1.807, 2.05) is 24.3 Å². The molecule has 1 amide bonds. The molecule has 2 N–H and O–H groups in total. The number of ether oxygens (including phenoxy) is 3. The number of nitrogens with one attached hydrogen (secondary N) is 1. The topological polar surface area (TPSA) is 77.0 Å². The highest BCUT2D eigenvalue weighted by Gasteiger charge is 2.42. The lowest BCUT2D eigenvalue weighted by molar-refractivity contribution is -0.210. The van der Waals surface area contributed by atoms with E-state index in [0.29, 0.717) is 39.2 Å². The fourth-order valence-electron chi connectivity index (χ4n) is 3.37. The summed E-state index contributed by atoms with van der Waals surface area (Å²) in [6.07, 6.45) is 1.23. The molecule has 6 nitrogen and oxygen atoms in total. The molecule has 1 spiro atoms. The maximum Gasteiger partial charge on any atom is 0.255 e. The summed E-state index contributed by atoms with van der Waals surface area (Å²) < 4.78 is 17.1. The van der Waals surface area contributed by atoms with Crippen molar-refractivity contribution in [1.29, 1.82) is 0 Å². The van der Waals surface area contributed by atoms with Crippen LogP contribution in [0.3, 0.4) is 0 Å². The summed E-state index contributed by atoms with van der Waals surface area (Å²) in [4.78, 5) is 12.4. The second-order valence-corrected chi connectivity index (χ2v) is 6.50. The van der Waals surface area contributed by atoms with Gasteiger partial charge < -0.3 is 24.6 Å². The van der Waals surface area contributed by atoms with Gasteiger partial charge in [-0.1, -0.05) is 24.3 Å². The van der Waals surface area contributed by atoms with Crippen LogP contribution in [0.1, 0.15) is 23.2 Å². The van der Waals surface area contributed by atoms with Gasteiger partial charge >= 0.3 is 0 Å². The smallest absolute Gasteiger partial charge is 0.255 e. The molecular formula is C19H21NO5. The van der Waals surface area contributed by atoms with Gasteiger partial charge in [0.25, 0.3) is 5.91 Å². The Morgan fingerprint density at radius 3 is 2.68 bits per heavy atom. The van der Waals surface area contributed by atoms with Crippen molar-refractivity contribution in [1.82, 2.24) is 5.32 Å². The number of benzene rings is 2. The summed E-state index contributed by atoms with van der Waals surface area (Å²) in [7, 11) is 0. The summed E-state index contributed by atoms with van der Waals surface area (Å²) in [5, 5.41) is 14.8. The zero-order valence-electron chi connectivity index (χ0n) is 13.9. The van der Waals surface area contributed by atoms with Crippen molar-refractivity contribution in [3.05, 3.63) is 42.0 Å². The van der Waals surface area contributed by atoms with Crippen molar-refractivity contribution in [3.8, 4) is 5.75 Å². The minimum atomic E-state index is -0.557. The highest BCUT2D eigenvalue weighted by atomic mass is 16.7. The second-order valence-electron chi connectivity index (χ2n) is 6.50. The fourth-order valence-corrected chi connectivity index (χ4v) is 3.37. The van der Waals surface area contributed by atoms with Crippen molar-refractivity contribution in [2.75, 3.05) is 26.4 Å². The van der Waals surface area contributed by atoms with Crippen molar-refractivity contribution in [2.24, 2.45) is 0 Å². The standard InChI is InChI=1S/C19H21NO5/c21-17-10-14-4-2-1-3-13(14)9-16(17)18(22)20-11-15-12-24-19(25-15)5-7-23-8-6-19/h1-4,9-10,15,21H,5-8,11-12H2,(H,20,22). The van der Waals surface area contributed by atoms with Crippen molar-refractivity contribution in [3.63, 3.8) is 0 Å². The molecule has 4 rings (SSSR count). The molecule has 1 unspecified atom stereocenters. The minimum absolute atomic E-state index is 0.0271. The van der Waals surface area contributed by atoms with Crippen LogP contribution in [-0.2, 0) is 14.2 Å². The van der Waals surface area contributed by atoms with Crippen molar-refractivity contribution >= 4 is 16.7 Å². The van der Waals surface area contributed by atoms with Gasteiger partial charge in [-0.25, -0.2) is 0 Å². The maximum atomic E-state index is 12.4. The molecule has 2 aliphatic rings. The number of phenols is 1. The Kier molecular flexibility index (Phi) is 4.33. The highest BCUT2D eigenvalue weighted by Crippen LogP contribution is 2.33. The van der Waals surface area contributed by atoms with Crippen molar-refractivity contribution < 1.29 is 24.1 Å². The first-order valence-electron chi connectivity index (χ1n) is 8.55. The summed E-state index contributed by atoms with van der Waals surface area (Å²) in [5.41, 5.74) is 0.262. The molecule has 2 aromatic rings. The van der Waals surface area contributed by atoms with E-state index >= 15 is 0 Å². The number of hydrogen-bond donors (Lipinski definition) is 2. The Morgan fingerprint density at radius 1 is 1.20 bits per heavy atom. The molecular weight excluding hydrogens is 322 g/mol. The van der Waals surface area contributed by atoms with Gasteiger partial charge in [0.15, 0.2) is 5.79 Å². The number of aromatic hydroxyl groups is 1. The molecule has 0 radical (unpaired) electrons. The molecule has 2 fully saturated rings. The molecule has 0 aromatic heterocycles. The molecule has 132 valence electrons. The van der Waals surface area contributed by atoms with Gasteiger partial charge in [-0.05, 0) is 22.9 Å². The fraction of sp³-hybridized carbons (Fsp3) is 0.421. The van der Waals surface area contributed by atoms with E-state index in [1.54, 1.807) is 12.1 Å². The molecule has 2 saturated heterocycles. The van der Waals surface area contributed by atoms with Gasteiger partial charge in [0.2, 0.25) is 0 Å². The van der Waals surface area contributed by atoms with Gasteiger partial charge in [0.1, 0.15) is 11.9 Å². The zero-order chi connectivity index (χ0) is 17.3. The molecule has 0 bridgehead atoms. The van der Waals surface area contributed by atoms with E-state index in [2.05, 4.69) is 5.32 Å². The van der Waals surface area contributed by atoms with E-state index in [0.717, 1.165) is 10.8 Å². The number of amides is 1. The maximum absolute atomic E-state index is 12.4. The van der Waals surface area contributed by atoms with E-state index < -0.39 is 5.79 Å². The van der Waals surface area contributed by atoms with Crippen LogP contribution in [0.4, 0.5) is 0 Å². The molecule has 0 saturated carbocycles. The first-order valence-corrected chi connectivity index (χ1v) is 8.55. The molecule has 2 heterocycles. The van der Waals surface area contributed by atoms with Gasteiger partial charge in [-0.15, -0.1) is 0 Å². The lowest BCUT2D eigenvalue weighted by Crippen LogP contribution is -2.39. The van der Waals surface area contributed by atoms with Crippen LogP contribution in [0.15, 0.2) is 36.4 Å². The Labute approximate surface area is 145 Å². The number of rotatable bonds is 3. The quantitative estimate of drug-likeness (QED) is 0.893. The van der Waals surface area contributed by atoms with Crippen molar-refractivity contribution in [2.45, 2.75) is 24.7 Å². The van der Waals surface area contributed by atoms with E-state index in [4.69, 9.17) is 14.2 Å². The number of hydrogen-bond acceptors (Lipinski definition) is 5. The van der Waals surface area contributed by atoms with Crippen LogP contribution in [-0.4, -0.2) is 49.3 Å². The van der Waals surface area contributed by atoms with Gasteiger partial charge in [-0.3, -0.25) is 4.79 Å². The molecule has 2 aliphatic heterocycles. The zero-order valence-corrected chi connectivity index (χ0v) is 13.9. The minimum Gasteiger partial charge on any atom is -0.507 e.